The number of sulfonamides is 1. The lowest BCUT2D eigenvalue weighted by Crippen LogP contribution is -2.24. The molecule has 6 heteroatoms. The fourth-order valence-corrected chi connectivity index (χ4v) is 3.24. The molecular formula is C14H22N2O3S. The quantitative estimate of drug-likeness (QED) is 0.807. The SMILES string of the molecule is CCCNS(=O)(=O)c1ccc(NCC2CCCO2)cc1. The minimum Gasteiger partial charge on any atom is -0.382 e. The molecule has 1 aromatic rings. The lowest BCUT2D eigenvalue weighted by molar-refractivity contribution is 0.120. The second-order valence-electron chi connectivity index (χ2n) is 4.94. The highest BCUT2D eigenvalue weighted by atomic mass is 32.2. The van der Waals surface area contributed by atoms with Gasteiger partial charge in [0.15, 0.2) is 0 Å². The minimum atomic E-state index is -3.37. The lowest BCUT2D eigenvalue weighted by atomic mass is 10.2. The van der Waals surface area contributed by atoms with E-state index in [2.05, 4.69) is 10.0 Å². The highest BCUT2D eigenvalue weighted by Gasteiger charge is 2.15. The fourth-order valence-electron chi connectivity index (χ4n) is 2.11. The molecule has 1 unspecified atom stereocenters. The second-order valence-corrected chi connectivity index (χ2v) is 6.71. The van der Waals surface area contributed by atoms with Crippen molar-refractivity contribution in [2.45, 2.75) is 37.2 Å². The number of hydrogen-bond acceptors (Lipinski definition) is 4. The van der Waals surface area contributed by atoms with Crippen LogP contribution in [0.1, 0.15) is 26.2 Å². The average Bonchev–Trinajstić information content (AvgIpc) is 2.97. The van der Waals surface area contributed by atoms with Crippen LogP contribution in [-0.2, 0) is 14.8 Å². The maximum atomic E-state index is 11.9. The van der Waals surface area contributed by atoms with Crippen molar-refractivity contribution in [2.24, 2.45) is 0 Å². The highest BCUT2D eigenvalue weighted by molar-refractivity contribution is 7.89. The Hall–Kier alpha value is -1.11. The van der Waals surface area contributed by atoms with E-state index in [0.29, 0.717) is 11.4 Å². The molecule has 0 spiro atoms. The third kappa shape index (κ3) is 4.19. The van der Waals surface area contributed by atoms with E-state index in [4.69, 9.17) is 4.74 Å². The van der Waals surface area contributed by atoms with Crippen LogP contribution in [-0.4, -0.2) is 34.2 Å². The number of benzene rings is 1. The van der Waals surface area contributed by atoms with Crippen LogP contribution in [0, 0.1) is 0 Å². The first-order valence-electron chi connectivity index (χ1n) is 7.07. The van der Waals surface area contributed by atoms with Crippen LogP contribution in [0.25, 0.3) is 0 Å². The Morgan fingerprint density at radius 1 is 1.30 bits per heavy atom. The van der Waals surface area contributed by atoms with Gasteiger partial charge in [0, 0.05) is 25.4 Å². The molecular weight excluding hydrogens is 276 g/mol. The van der Waals surface area contributed by atoms with Crippen molar-refractivity contribution in [1.29, 1.82) is 0 Å². The zero-order valence-electron chi connectivity index (χ0n) is 11.8. The molecule has 1 heterocycles. The summed E-state index contributed by atoms with van der Waals surface area (Å²) in [6.45, 7) is 3.99. The van der Waals surface area contributed by atoms with Gasteiger partial charge in [0.1, 0.15) is 0 Å². The molecule has 1 saturated heterocycles. The summed E-state index contributed by atoms with van der Waals surface area (Å²) in [4.78, 5) is 0.300. The van der Waals surface area contributed by atoms with E-state index < -0.39 is 10.0 Å². The summed E-state index contributed by atoms with van der Waals surface area (Å²) in [5, 5.41) is 3.27. The highest BCUT2D eigenvalue weighted by Crippen LogP contribution is 2.16. The molecule has 0 bridgehead atoms. The van der Waals surface area contributed by atoms with Crippen molar-refractivity contribution in [3.05, 3.63) is 24.3 Å². The van der Waals surface area contributed by atoms with Crippen LogP contribution in [0.4, 0.5) is 5.69 Å². The Kier molecular flexibility index (Phi) is 5.39. The summed E-state index contributed by atoms with van der Waals surface area (Å²) >= 11 is 0. The summed E-state index contributed by atoms with van der Waals surface area (Å²) < 4.78 is 31.9. The Balaban J connectivity index is 1.91. The lowest BCUT2D eigenvalue weighted by Gasteiger charge is -2.12. The van der Waals surface area contributed by atoms with Gasteiger partial charge in [0.25, 0.3) is 0 Å². The van der Waals surface area contributed by atoms with E-state index in [1.165, 1.54) is 0 Å². The summed E-state index contributed by atoms with van der Waals surface area (Å²) in [5.74, 6) is 0. The van der Waals surface area contributed by atoms with Crippen molar-refractivity contribution in [3.8, 4) is 0 Å². The predicted molar refractivity (Wildman–Crippen MR) is 79.4 cm³/mol. The van der Waals surface area contributed by atoms with Crippen molar-refractivity contribution >= 4 is 15.7 Å². The van der Waals surface area contributed by atoms with Crippen LogP contribution >= 0.6 is 0 Å². The first-order chi connectivity index (χ1) is 9.62. The molecule has 1 aliphatic heterocycles. The normalized spacial score (nSPS) is 19.1. The van der Waals surface area contributed by atoms with Crippen LogP contribution < -0.4 is 10.0 Å². The predicted octanol–water partition coefficient (Wildman–Crippen LogP) is 1.97. The molecule has 1 aliphatic rings. The molecule has 0 aromatic heterocycles. The summed E-state index contributed by atoms with van der Waals surface area (Å²) in [6, 6.07) is 6.82. The van der Waals surface area contributed by atoms with Crippen molar-refractivity contribution in [1.82, 2.24) is 4.72 Å². The molecule has 1 fully saturated rings. The maximum Gasteiger partial charge on any atom is 0.240 e. The van der Waals surface area contributed by atoms with E-state index in [9.17, 15) is 8.42 Å². The largest absolute Gasteiger partial charge is 0.382 e. The van der Waals surface area contributed by atoms with Gasteiger partial charge in [0.2, 0.25) is 10.0 Å². The smallest absolute Gasteiger partial charge is 0.240 e. The van der Waals surface area contributed by atoms with Gasteiger partial charge < -0.3 is 10.1 Å². The zero-order valence-corrected chi connectivity index (χ0v) is 12.6. The first kappa shape index (κ1) is 15.3. The summed E-state index contributed by atoms with van der Waals surface area (Å²) in [7, 11) is -3.37. The number of ether oxygens (including phenoxy) is 1. The van der Waals surface area contributed by atoms with Gasteiger partial charge in [-0.15, -0.1) is 0 Å². The molecule has 20 heavy (non-hydrogen) atoms. The molecule has 0 aliphatic carbocycles. The van der Waals surface area contributed by atoms with E-state index in [1.807, 2.05) is 6.92 Å². The minimum absolute atomic E-state index is 0.268. The van der Waals surface area contributed by atoms with Gasteiger partial charge in [-0.1, -0.05) is 6.92 Å². The Morgan fingerprint density at radius 2 is 2.05 bits per heavy atom. The first-order valence-corrected chi connectivity index (χ1v) is 8.55. The van der Waals surface area contributed by atoms with Crippen molar-refractivity contribution < 1.29 is 13.2 Å². The third-order valence-electron chi connectivity index (χ3n) is 3.26. The molecule has 1 aromatic carbocycles. The topological polar surface area (TPSA) is 67.4 Å². The van der Waals surface area contributed by atoms with E-state index >= 15 is 0 Å². The van der Waals surface area contributed by atoms with Gasteiger partial charge >= 0.3 is 0 Å². The number of nitrogens with one attached hydrogen (secondary N) is 2. The second kappa shape index (κ2) is 7.06. The number of rotatable bonds is 7. The van der Waals surface area contributed by atoms with E-state index in [-0.39, 0.29) is 6.10 Å². The van der Waals surface area contributed by atoms with Crippen LogP contribution in [0.15, 0.2) is 29.2 Å². The summed E-state index contributed by atoms with van der Waals surface area (Å²) in [6.07, 6.45) is 3.25. The van der Waals surface area contributed by atoms with Crippen LogP contribution in [0.5, 0.6) is 0 Å². The van der Waals surface area contributed by atoms with Gasteiger partial charge in [0.05, 0.1) is 11.0 Å². The molecule has 0 radical (unpaired) electrons. The standard InChI is InChI=1S/C14H22N2O3S/c1-2-9-16-20(17,18)14-7-5-12(6-8-14)15-11-13-4-3-10-19-13/h5-8,13,15-16H,2-4,9-11H2,1H3. The average molecular weight is 298 g/mol. The molecule has 2 rings (SSSR count). The van der Waals surface area contributed by atoms with Crippen molar-refractivity contribution in [3.63, 3.8) is 0 Å². The molecule has 0 amide bonds. The van der Waals surface area contributed by atoms with Crippen LogP contribution in [0.3, 0.4) is 0 Å². The molecule has 0 saturated carbocycles. The van der Waals surface area contributed by atoms with E-state index in [0.717, 1.165) is 38.1 Å². The molecule has 1 atom stereocenters. The number of hydrogen-bond donors (Lipinski definition) is 2. The maximum absolute atomic E-state index is 11.9. The van der Waals surface area contributed by atoms with E-state index in [1.54, 1.807) is 24.3 Å². The van der Waals surface area contributed by atoms with Gasteiger partial charge in [-0.05, 0) is 43.5 Å². The zero-order chi connectivity index (χ0) is 14.4. The van der Waals surface area contributed by atoms with Gasteiger partial charge in [-0.2, -0.15) is 0 Å². The molecule has 5 nitrogen and oxygen atoms in total. The molecule has 112 valence electrons. The van der Waals surface area contributed by atoms with Gasteiger partial charge in [-0.25, -0.2) is 13.1 Å². The monoisotopic (exact) mass is 298 g/mol. The summed E-state index contributed by atoms with van der Waals surface area (Å²) in [5.41, 5.74) is 0.912. The Labute approximate surface area is 120 Å². The Morgan fingerprint density at radius 3 is 2.65 bits per heavy atom. The molecule has 2 N–H and O–H groups in total. The third-order valence-corrected chi connectivity index (χ3v) is 4.74. The fraction of sp³-hybridized carbons (Fsp3) is 0.571. The number of anilines is 1. The van der Waals surface area contributed by atoms with Crippen LogP contribution in [0.2, 0.25) is 0 Å². The van der Waals surface area contributed by atoms with Crippen molar-refractivity contribution in [2.75, 3.05) is 25.0 Å². The van der Waals surface area contributed by atoms with Gasteiger partial charge in [-0.3, -0.25) is 0 Å². The Bertz CT molecular complexity index is 508.